The molecule has 0 unspecified atom stereocenters. The number of carbonyl (C=O) groups is 1. The van der Waals surface area contributed by atoms with Gasteiger partial charge >= 0.3 is 6.18 Å². The van der Waals surface area contributed by atoms with E-state index in [-0.39, 0.29) is 30.1 Å². The molecule has 3 aromatic rings. The molecule has 0 spiro atoms. The Morgan fingerprint density at radius 2 is 1.54 bits per heavy atom. The van der Waals surface area contributed by atoms with Gasteiger partial charge in [0.2, 0.25) is 0 Å². The molecule has 3 aromatic carbocycles. The third-order valence-electron chi connectivity index (χ3n) is 5.08. The lowest BCUT2D eigenvalue weighted by atomic mass is 10.0. The highest BCUT2D eigenvalue weighted by Gasteiger charge is 2.31. The summed E-state index contributed by atoms with van der Waals surface area (Å²) < 4.78 is 61.1. The first-order chi connectivity index (χ1) is 16.7. The molecule has 3 rings (SSSR count). The number of rotatable bonds is 11. The summed E-state index contributed by atoms with van der Waals surface area (Å²) in [4.78, 5) is 12.7. The van der Waals surface area contributed by atoms with Gasteiger partial charge in [-0.2, -0.15) is 13.2 Å². The fourth-order valence-electron chi connectivity index (χ4n) is 3.40. The van der Waals surface area contributed by atoms with Gasteiger partial charge in [0.25, 0.3) is 0 Å². The third-order valence-corrected chi connectivity index (χ3v) is 5.54. The third kappa shape index (κ3) is 7.55. The Morgan fingerprint density at radius 1 is 0.829 bits per heavy atom. The molecule has 0 aromatic heterocycles. The molecule has 0 radical (unpaired) electrons. The van der Waals surface area contributed by atoms with Crippen LogP contribution < -0.4 is 9.47 Å². The smallest absolute Gasteiger partial charge is 0.416 e. The first-order valence-corrected chi connectivity index (χ1v) is 11.3. The second kappa shape index (κ2) is 12.2. The molecule has 0 saturated heterocycles. The van der Waals surface area contributed by atoms with Gasteiger partial charge in [-0.3, -0.25) is 4.79 Å². The van der Waals surface area contributed by atoms with Crippen molar-refractivity contribution in [2.45, 2.75) is 26.0 Å². The Kier molecular flexibility index (Phi) is 9.31. The van der Waals surface area contributed by atoms with Gasteiger partial charge in [0, 0.05) is 10.0 Å². The number of carbonyl (C=O) groups excluding carboxylic acids is 1. The van der Waals surface area contributed by atoms with Crippen molar-refractivity contribution in [3.63, 3.8) is 0 Å². The van der Waals surface area contributed by atoms with Crippen molar-refractivity contribution in [3.05, 3.63) is 93.0 Å². The summed E-state index contributed by atoms with van der Waals surface area (Å²) >= 11 is 3.08. The number of ether oxygens (including phenoxy) is 4. The number of Topliss-reactive ketones (excluding diaryl/α,β-unsaturated/α-hetero) is 1. The molecular formula is C26H24BrF3O5. The standard InChI is InChI=1S/C26H24BrF3O5/c1-32-24-8-7-17(11-25(24)33-2)13-34-15-19-5-3-4-6-22(19)23(31)16-35-14-18-9-20(26(28,29)30)12-21(27)10-18/h3-12H,13-16H2,1-2H3. The van der Waals surface area contributed by atoms with Crippen LogP contribution in [0.1, 0.15) is 32.6 Å². The summed E-state index contributed by atoms with van der Waals surface area (Å²) in [6.45, 7) is 0.0768. The molecule has 0 N–H and O–H groups in total. The first-order valence-electron chi connectivity index (χ1n) is 10.6. The molecule has 5 nitrogen and oxygen atoms in total. The van der Waals surface area contributed by atoms with Crippen LogP contribution in [0.5, 0.6) is 11.5 Å². The normalized spacial score (nSPS) is 11.4. The predicted molar refractivity (Wildman–Crippen MR) is 128 cm³/mol. The minimum absolute atomic E-state index is 0.133. The molecule has 0 saturated carbocycles. The van der Waals surface area contributed by atoms with Crippen LogP contribution in [0.15, 0.2) is 65.1 Å². The van der Waals surface area contributed by atoms with E-state index >= 15 is 0 Å². The van der Waals surface area contributed by atoms with Gasteiger partial charge in [0.15, 0.2) is 17.3 Å². The number of ketones is 1. The van der Waals surface area contributed by atoms with E-state index in [1.807, 2.05) is 12.1 Å². The van der Waals surface area contributed by atoms with E-state index in [9.17, 15) is 18.0 Å². The van der Waals surface area contributed by atoms with Gasteiger partial charge < -0.3 is 18.9 Å². The van der Waals surface area contributed by atoms with Crippen LogP contribution in [0.2, 0.25) is 0 Å². The highest BCUT2D eigenvalue weighted by atomic mass is 79.9. The maximum absolute atomic E-state index is 13.0. The Morgan fingerprint density at radius 3 is 2.26 bits per heavy atom. The number of halogens is 4. The van der Waals surface area contributed by atoms with Gasteiger partial charge in [-0.1, -0.05) is 46.3 Å². The van der Waals surface area contributed by atoms with Crippen molar-refractivity contribution >= 4 is 21.7 Å². The van der Waals surface area contributed by atoms with Crippen LogP contribution >= 0.6 is 15.9 Å². The number of alkyl halides is 3. The lowest BCUT2D eigenvalue weighted by molar-refractivity contribution is -0.137. The Hall–Kier alpha value is -2.88. The van der Waals surface area contributed by atoms with Crippen molar-refractivity contribution in [3.8, 4) is 11.5 Å². The Balaban J connectivity index is 1.58. The van der Waals surface area contributed by atoms with Gasteiger partial charge in [0.05, 0.1) is 39.6 Å². The fourth-order valence-corrected chi connectivity index (χ4v) is 3.94. The lowest BCUT2D eigenvalue weighted by Crippen LogP contribution is -2.12. The molecule has 0 fully saturated rings. The van der Waals surface area contributed by atoms with Crippen LogP contribution in [0.4, 0.5) is 13.2 Å². The monoisotopic (exact) mass is 552 g/mol. The summed E-state index contributed by atoms with van der Waals surface area (Å²) in [5.41, 5.74) is 1.52. The summed E-state index contributed by atoms with van der Waals surface area (Å²) in [5, 5.41) is 0. The van der Waals surface area contributed by atoms with Crippen LogP contribution in [0.25, 0.3) is 0 Å². The number of methoxy groups -OCH3 is 2. The second-order valence-electron chi connectivity index (χ2n) is 7.60. The molecule has 0 aliphatic heterocycles. The minimum atomic E-state index is -4.47. The second-order valence-corrected chi connectivity index (χ2v) is 8.52. The van der Waals surface area contributed by atoms with Crippen LogP contribution in [0, 0.1) is 0 Å². The summed E-state index contributed by atoms with van der Waals surface area (Å²) in [6, 6.07) is 16.0. The van der Waals surface area contributed by atoms with Crippen molar-refractivity contribution in [2.75, 3.05) is 20.8 Å². The van der Waals surface area contributed by atoms with E-state index < -0.39 is 11.7 Å². The SMILES string of the molecule is COc1ccc(COCc2ccccc2C(=O)COCc2cc(Br)cc(C(F)(F)F)c2)cc1OC. The van der Waals surface area contributed by atoms with E-state index in [4.69, 9.17) is 18.9 Å². The van der Waals surface area contributed by atoms with E-state index in [1.165, 1.54) is 6.07 Å². The molecule has 0 heterocycles. The lowest BCUT2D eigenvalue weighted by Gasteiger charge is -2.12. The highest BCUT2D eigenvalue weighted by Crippen LogP contribution is 2.32. The maximum Gasteiger partial charge on any atom is 0.416 e. The van der Waals surface area contributed by atoms with Gasteiger partial charge in [-0.05, 0) is 47.0 Å². The zero-order chi connectivity index (χ0) is 25.4. The van der Waals surface area contributed by atoms with Crippen molar-refractivity contribution < 1.29 is 36.9 Å². The molecule has 0 aliphatic carbocycles. The quantitative estimate of drug-likeness (QED) is 0.251. The molecular weight excluding hydrogens is 529 g/mol. The summed E-state index contributed by atoms with van der Waals surface area (Å²) in [5.74, 6) is 0.917. The van der Waals surface area contributed by atoms with Gasteiger partial charge in [0.1, 0.15) is 6.61 Å². The van der Waals surface area contributed by atoms with E-state index in [0.29, 0.717) is 34.8 Å². The zero-order valence-electron chi connectivity index (χ0n) is 19.2. The van der Waals surface area contributed by atoms with E-state index in [1.54, 1.807) is 44.6 Å². The van der Waals surface area contributed by atoms with Gasteiger partial charge in [-0.25, -0.2) is 0 Å². The molecule has 0 amide bonds. The summed E-state index contributed by atoms with van der Waals surface area (Å²) in [6.07, 6.45) is -4.47. The molecule has 186 valence electrons. The topological polar surface area (TPSA) is 54.0 Å². The van der Waals surface area contributed by atoms with Crippen molar-refractivity contribution in [1.29, 1.82) is 0 Å². The molecule has 0 atom stereocenters. The fraction of sp³-hybridized carbons (Fsp3) is 0.269. The predicted octanol–water partition coefficient (Wildman–Crippen LogP) is 6.60. The van der Waals surface area contributed by atoms with Gasteiger partial charge in [-0.15, -0.1) is 0 Å². The van der Waals surface area contributed by atoms with E-state index in [2.05, 4.69) is 15.9 Å². The number of hydrogen-bond donors (Lipinski definition) is 0. The Labute approximate surface area is 209 Å². The maximum atomic E-state index is 13.0. The largest absolute Gasteiger partial charge is 0.493 e. The zero-order valence-corrected chi connectivity index (χ0v) is 20.7. The van der Waals surface area contributed by atoms with Crippen LogP contribution in [-0.2, 0) is 35.5 Å². The van der Waals surface area contributed by atoms with Crippen molar-refractivity contribution in [1.82, 2.24) is 0 Å². The molecule has 9 heteroatoms. The number of hydrogen-bond acceptors (Lipinski definition) is 5. The van der Waals surface area contributed by atoms with Crippen molar-refractivity contribution in [2.24, 2.45) is 0 Å². The Bertz CT molecular complexity index is 1160. The highest BCUT2D eigenvalue weighted by molar-refractivity contribution is 9.10. The molecule has 0 bridgehead atoms. The minimum Gasteiger partial charge on any atom is -0.493 e. The summed E-state index contributed by atoms with van der Waals surface area (Å²) in [7, 11) is 3.11. The molecule has 35 heavy (non-hydrogen) atoms. The van der Waals surface area contributed by atoms with Crippen LogP contribution in [0.3, 0.4) is 0 Å². The molecule has 0 aliphatic rings. The first kappa shape index (κ1) is 26.7. The average Bonchev–Trinajstić information content (AvgIpc) is 2.83. The number of benzene rings is 3. The average molecular weight is 553 g/mol. The van der Waals surface area contributed by atoms with E-state index in [0.717, 1.165) is 17.7 Å². The van der Waals surface area contributed by atoms with Crippen LogP contribution in [-0.4, -0.2) is 26.6 Å².